The van der Waals surface area contributed by atoms with Gasteiger partial charge in [0.05, 0.1) is 31.7 Å². The van der Waals surface area contributed by atoms with Crippen LogP contribution in [-0.2, 0) is 0 Å². The van der Waals surface area contributed by atoms with Crippen LogP contribution in [-0.4, -0.2) is 25.4 Å². The monoisotopic (exact) mass is 272 g/mol. The Morgan fingerprint density at radius 1 is 1.60 bits per heavy atom. The van der Waals surface area contributed by atoms with Crippen LogP contribution in [0.1, 0.15) is 11.6 Å². The molecule has 1 aromatic rings. The predicted octanol–water partition coefficient (Wildman–Crippen LogP) is 0.684. The van der Waals surface area contributed by atoms with Crippen molar-refractivity contribution in [1.29, 1.82) is 0 Å². The van der Waals surface area contributed by atoms with Gasteiger partial charge in [0.1, 0.15) is 11.8 Å². The molecule has 3 N–H and O–H groups in total. The quantitative estimate of drug-likeness (QED) is 0.832. The zero-order valence-corrected chi connectivity index (χ0v) is 10.2. The summed E-state index contributed by atoms with van der Waals surface area (Å²) in [6, 6.07) is 6.31. The van der Waals surface area contributed by atoms with Crippen LogP contribution in [0, 0.1) is 5.92 Å². The third-order valence-electron chi connectivity index (χ3n) is 2.89. The maximum Gasteiger partial charge on any atom is 0.128 e. The van der Waals surface area contributed by atoms with Crippen molar-refractivity contribution in [3.63, 3.8) is 0 Å². The average Bonchev–Trinajstić information content (AvgIpc) is 2.27. The minimum Gasteiger partial charge on any atom is -0.492 e. The molecule has 0 saturated heterocycles. The Balaban J connectivity index is 2.39. The number of hydrogen-bond donors (Lipinski definition) is 2. The summed E-state index contributed by atoms with van der Waals surface area (Å²) in [5.41, 5.74) is 1.16. The number of rotatable bonds is 2. The van der Waals surface area contributed by atoms with Crippen molar-refractivity contribution in [2.24, 2.45) is 5.92 Å². The summed E-state index contributed by atoms with van der Waals surface area (Å²) in [6.45, 7) is 0.765. The molecule has 0 aliphatic carbocycles. The van der Waals surface area contributed by atoms with Gasteiger partial charge in [-0.15, -0.1) is 0 Å². The van der Waals surface area contributed by atoms with Crippen molar-refractivity contribution in [3.05, 3.63) is 28.2 Å². The Morgan fingerprint density at radius 3 is 3.07 bits per heavy atom. The van der Waals surface area contributed by atoms with E-state index in [1.165, 1.54) is 0 Å². The standard InChI is InChI=1S/C11H14BrNO2/c1-13-11-7(5-14)6-15-10-3-2-8(12)4-9(10)11/h2-4,7,11,13-14H,5-6H2,1H3/p+1/t7-,11-/m1/s1. The number of hydrogen-bond acceptors (Lipinski definition) is 2. The largest absolute Gasteiger partial charge is 0.492 e. The fraction of sp³-hybridized carbons (Fsp3) is 0.455. The van der Waals surface area contributed by atoms with Gasteiger partial charge in [-0.2, -0.15) is 0 Å². The molecule has 1 aliphatic heterocycles. The summed E-state index contributed by atoms with van der Waals surface area (Å²) in [6.07, 6.45) is 0. The van der Waals surface area contributed by atoms with Gasteiger partial charge in [0.2, 0.25) is 0 Å². The number of halogens is 1. The first-order valence-corrected chi connectivity index (χ1v) is 5.88. The average molecular weight is 273 g/mol. The molecule has 2 atom stereocenters. The number of benzene rings is 1. The summed E-state index contributed by atoms with van der Waals surface area (Å²) in [5.74, 6) is 1.11. The first kappa shape index (κ1) is 10.9. The van der Waals surface area contributed by atoms with Crippen molar-refractivity contribution in [3.8, 4) is 5.75 Å². The van der Waals surface area contributed by atoms with E-state index in [1.807, 2.05) is 19.2 Å². The zero-order chi connectivity index (χ0) is 10.8. The first-order valence-electron chi connectivity index (χ1n) is 5.09. The topological polar surface area (TPSA) is 46.1 Å². The Labute approximate surface area is 97.6 Å². The van der Waals surface area contributed by atoms with Gasteiger partial charge >= 0.3 is 0 Å². The number of aliphatic hydroxyl groups is 1. The molecule has 1 aliphatic rings. The molecule has 0 bridgehead atoms. The van der Waals surface area contributed by atoms with Crippen LogP contribution in [0.4, 0.5) is 0 Å². The fourth-order valence-electron chi connectivity index (χ4n) is 2.08. The van der Waals surface area contributed by atoms with Crippen LogP contribution in [0.15, 0.2) is 22.7 Å². The second-order valence-corrected chi connectivity index (χ2v) is 4.71. The summed E-state index contributed by atoms with van der Waals surface area (Å²) in [4.78, 5) is 0. The van der Waals surface area contributed by atoms with Gasteiger partial charge in [0.25, 0.3) is 0 Å². The third-order valence-corrected chi connectivity index (χ3v) is 3.38. The Kier molecular flexibility index (Phi) is 3.29. The molecule has 0 aromatic heterocycles. The first-order chi connectivity index (χ1) is 7.26. The lowest BCUT2D eigenvalue weighted by Crippen LogP contribution is -2.83. The fourth-order valence-corrected chi connectivity index (χ4v) is 2.46. The van der Waals surface area contributed by atoms with Gasteiger partial charge in [-0.1, -0.05) is 15.9 Å². The van der Waals surface area contributed by atoms with Gasteiger partial charge in [-0.05, 0) is 18.2 Å². The summed E-state index contributed by atoms with van der Waals surface area (Å²) < 4.78 is 6.66. The van der Waals surface area contributed by atoms with Crippen molar-refractivity contribution in [2.45, 2.75) is 6.04 Å². The molecule has 2 rings (SSSR count). The zero-order valence-electron chi connectivity index (χ0n) is 8.61. The number of fused-ring (bicyclic) bond motifs is 1. The lowest BCUT2D eigenvalue weighted by Gasteiger charge is -2.29. The molecular weight excluding hydrogens is 258 g/mol. The van der Waals surface area contributed by atoms with Crippen LogP contribution in [0.25, 0.3) is 0 Å². The third kappa shape index (κ3) is 2.02. The number of nitrogens with two attached hydrogens (primary N) is 1. The lowest BCUT2D eigenvalue weighted by molar-refractivity contribution is -0.679. The maximum atomic E-state index is 9.28. The van der Waals surface area contributed by atoms with Crippen LogP contribution >= 0.6 is 15.9 Å². The van der Waals surface area contributed by atoms with Crippen molar-refractivity contribution in [2.75, 3.05) is 20.3 Å². The molecule has 0 saturated carbocycles. The van der Waals surface area contributed by atoms with Gasteiger partial charge in [0, 0.05) is 4.47 Å². The summed E-state index contributed by atoms with van der Waals surface area (Å²) >= 11 is 3.46. The molecule has 15 heavy (non-hydrogen) atoms. The van der Waals surface area contributed by atoms with Crippen LogP contribution in [0.5, 0.6) is 5.75 Å². The van der Waals surface area contributed by atoms with Gasteiger partial charge in [-0.3, -0.25) is 0 Å². The molecule has 1 heterocycles. The molecule has 0 unspecified atom stereocenters. The second kappa shape index (κ2) is 4.51. The minimum absolute atomic E-state index is 0.168. The van der Waals surface area contributed by atoms with E-state index in [0.29, 0.717) is 6.61 Å². The van der Waals surface area contributed by atoms with E-state index in [1.54, 1.807) is 0 Å². The Hall–Kier alpha value is -0.580. The van der Waals surface area contributed by atoms with Gasteiger partial charge < -0.3 is 15.2 Å². The van der Waals surface area contributed by atoms with Gasteiger partial charge in [0.15, 0.2) is 0 Å². The predicted molar refractivity (Wildman–Crippen MR) is 60.8 cm³/mol. The summed E-state index contributed by atoms with van der Waals surface area (Å²) in [7, 11) is 2.03. The molecule has 0 spiro atoms. The van der Waals surface area contributed by atoms with Gasteiger partial charge in [-0.25, -0.2) is 0 Å². The van der Waals surface area contributed by atoms with E-state index in [0.717, 1.165) is 15.8 Å². The SMILES string of the molecule is C[NH2+][C@H]1c2cc(Br)ccc2OC[C@H]1CO. The molecule has 3 nitrogen and oxygen atoms in total. The van der Waals surface area contributed by atoms with Crippen LogP contribution in [0.3, 0.4) is 0 Å². The van der Waals surface area contributed by atoms with E-state index >= 15 is 0 Å². The van der Waals surface area contributed by atoms with E-state index in [-0.39, 0.29) is 18.6 Å². The summed E-state index contributed by atoms with van der Waals surface area (Å²) in [5, 5.41) is 11.4. The highest BCUT2D eigenvalue weighted by Gasteiger charge is 2.32. The van der Waals surface area contributed by atoms with E-state index in [9.17, 15) is 5.11 Å². The highest BCUT2D eigenvalue weighted by Crippen LogP contribution is 2.34. The lowest BCUT2D eigenvalue weighted by atomic mass is 9.91. The van der Waals surface area contributed by atoms with Crippen molar-refractivity contribution < 1.29 is 15.2 Å². The number of ether oxygens (including phenoxy) is 1. The van der Waals surface area contributed by atoms with Crippen LogP contribution in [0.2, 0.25) is 0 Å². The molecule has 4 heteroatoms. The highest BCUT2D eigenvalue weighted by atomic mass is 79.9. The highest BCUT2D eigenvalue weighted by molar-refractivity contribution is 9.10. The van der Waals surface area contributed by atoms with E-state index < -0.39 is 0 Å². The van der Waals surface area contributed by atoms with Crippen LogP contribution < -0.4 is 10.1 Å². The molecule has 0 radical (unpaired) electrons. The van der Waals surface area contributed by atoms with E-state index in [4.69, 9.17) is 4.74 Å². The van der Waals surface area contributed by atoms with E-state index in [2.05, 4.69) is 27.3 Å². The number of quaternary nitrogens is 1. The minimum atomic E-state index is 0.168. The normalized spacial score (nSPS) is 24.5. The molecule has 0 fully saturated rings. The molecule has 1 aromatic carbocycles. The Morgan fingerprint density at radius 2 is 2.40 bits per heavy atom. The molecule has 0 amide bonds. The van der Waals surface area contributed by atoms with Crippen molar-refractivity contribution >= 4 is 15.9 Å². The number of aliphatic hydroxyl groups excluding tert-OH is 1. The molecule has 82 valence electrons. The maximum absolute atomic E-state index is 9.28. The smallest absolute Gasteiger partial charge is 0.128 e. The van der Waals surface area contributed by atoms with Crippen molar-refractivity contribution in [1.82, 2.24) is 0 Å². The molecular formula is C11H15BrNO2+. The Bertz CT molecular complexity index is 356. The second-order valence-electron chi connectivity index (χ2n) is 3.79.